The van der Waals surface area contributed by atoms with Crippen LogP contribution in [0.3, 0.4) is 0 Å². The van der Waals surface area contributed by atoms with Crippen LogP contribution in [0.5, 0.6) is 0 Å². The second kappa shape index (κ2) is 10.8. The number of likely N-dealkylation sites (N-methyl/N-ethyl adjacent to an activating group) is 1. The zero-order chi connectivity index (χ0) is 21.5. The maximum Gasteiger partial charge on any atom is 0.277 e. The number of halogens is 2. The zero-order valence-electron chi connectivity index (χ0n) is 16.7. The first kappa shape index (κ1) is 22.6. The van der Waals surface area contributed by atoms with Gasteiger partial charge in [-0.05, 0) is 56.1 Å². The van der Waals surface area contributed by atoms with Crippen LogP contribution in [0.2, 0.25) is 10.0 Å². The minimum Gasteiger partial charge on any atom is -0.411 e. The monoisotopic (exact) mass is 464 g/mol. The first-order valence-electron chi connectivity index (χ1n) is 9.30. The first-order valence-corrected chi connectivity index (χ1v) is 11.0. The summed E-state index contributed by atoms with van der Waals surface area (Å²) in [6, 6.07) is 14.7. The van der Waals surface area contributed by atoms with Crippen molar-refractivity contribution in [2.24, 2.45) is 0 Å². The molecule has 0 saturated carbocycles. The van der Waals surface area contributed by atoms with E-state index in [-0.39, 0.29) is 11.7 Å². The Morgan fingerprint density at radius 1 is 0.967 bits per heavy atom. The molecular weight excluding hydrogens is 443 g/mol. The number of benzene rings is 2. The fraction of sp³-hybridized carbons (Fsp3) is 0.286. The van der Waals surface area contributed by atoms with Crippen molar-refractivity contribution < 1.29 is 9.21 Å². The lowest BCUT2D eigenvalue weighted by Gasteiger charge is -2.24. The predicted molar refractivity (Wildman–Crippen MR) is 121 cm³/mol. The summed E-state index contributed by atoms with van der Waals surface area (Å²) in [5.41, 5.74) is 1.81. The molecule has 0 saturated heterocycles. The second-order valence-electron chi connectivity index (χ2n) is 6.91. The molecular formula is C21H22Cl2N4O2S. The third-order valence-electron chi connectivity index (χ3n) is 4.27. The van der Waals surface area contributed by atoms with E-state index in [2.05, 4.69) is 10.2 Å². The van der Waals surface area contributed by atoms with Crippen molar-refractivity contribution in [2.75, 3.05) is 32.9 Å². The molecule has 3 aromatic rings. The smallest absolute Gasteiger partial charge is 0.277 e. The highest BCUT2D eigenvalue weighted by molar-refractivity contribution is 7.99. The van der Waals surface area contributed by atoms with Crippen LogP contribution in [0.4, 0.5) is 0 Å². The van der Waals surface area contributed by atoms with Crippen molar-refractivity contribution >= 4 is 40.9 Å². The van der Waals surface area contributed by atoms with Gasteiger partial charge in [0.1, 0.15) is 0 Å². The molecule has 0 aliphatic heterocycles. The number of carbonyl (C=O) groups excluding carboxylic acids is 1. The maximum atomic E-state index is 12.9. The van der Waals surface area contributed by atoms with Crippen molar-refractivity contribution in [2.45, 2.75) is 11.8 Å². The van der Waals surface area contributed by atoms with E-state index in [1.807, 2.05) is 60.3 Å². The van der Waals surface area contributed by atoms with E-state index in [4.69, 9.17) is 27.6 Å². The van der Waals surface area contributed by atoms with Gasteiger partial charge in [0.25, 0.3) is 5.22 Å². The molecule has 6 nitrogen and oxygen atoms in total. The maximum absolute atomic E-state index is 12.9. The Morgan fingerprint density at radius 3 is 2.23 bits per heavy atom. The highest BCUT2D eigenvalue weighted by Gasteiger charge is 2.17. The van der Waals surface area contributed by atoms with Gasteiger partial charge in [-0.1, -0.05) is 47.1 Å². The van der Waals surface area contributed by atoms with E-state index in [0.717, 1.165) is 17.7 Å². The molecule has 1 aromatic heterocycles. The highest BCUT2D eigenvalue weighted by Crippen LogP contribution is 2.24. The van der Waals surface area contributed by atoms with Gasteiger partial charge in [-0.3, -0.25) is 4.79 Å². The highest BCUT2D eigenvalue weighted by atomic mass is 35.5. The van der Waals surface area contributed by atoms with Gasteiger partial charge in [-0.15, -0.1) is 10.2 Å². The normalized spacial score (nSPS) is 11.1. The Hall–Kier alpha value is -2.06. The molecule has 0 fully saturated rings. The molecule has 1 heterocycles. The summed E-state index contributed by atoms with van der Waals surface area (Å²) in [6.07, 6.45) is 0. The quantitative estimate of drug-likeness (QED) is 0.426. The Morgan fingerprint density at radius 2 is 1.60 bits per heavy atom. The zero-order valence-corrected chi connectivity index (χ0v) is 19.0. The van der Waals surface area contributed by atoms with Crippen LogP contribution in [-0.2, 0) is 11.3 Å². The number of hydrogen-bond acceptors (Lipinski definition) is 6. The Balaban J connectivity index is 1.61. The average molecular weight is 465 g/mol. The van der Waals surface area contributed by atoms with Gasteiger partial charge < -0.3 is 14.2 Å². The van der Waals surface area contributed by atoms with Crippen LogP contribution in [0.15, 0.2) is 58.2 Å². The molecule has 0 aliphatic carbocycles. The molecule has 0 radical (unpaired) electrons. The van der Waals surface area contributed by atoms with Gasteiger partial charge in [0.05, 0.1) is 5.75 Å². The summed E-state index contributed by atoms with van der Waals surface area (Å²) in [6.45, 7) is 1.91. The molecule has 0 unspecified atom stereocenters. The molecule has 30 heavy (non-hydrogen) atoms. The predicted octanol–water partition coefficient (Wildman–Crippen LogP) is 4.73. The number of hydrogen-bond donors (Lipinski definition) is 0. The SMILES string of the molecule is CN(C)CCN(Cc1ccc(Cl)cc1)C(=O)CSc1nnc(-c2ccc(Cl)cc2)o1. The minimum atomic E-state index is 0.00282. The second-order valence-corrected chi connectivity index (χ2v) is 8.71. The van der Waals surface area contributed by atoms with Crippen molar-refractivity contribution in [3.05, 3.63) is 64.1 Å². The molecule has 0 N–H and O–H groups in total. The molecule has 9 heteroatoms. The number of aromatic nitrogens is 2. The first-order chi connectivity index (χ1) is 14.4. The molecule has 0 aliphatic rings. The summed E-state index contributed by atoms with van der Waals surface area (Å²) >= 11 is 13.1. The van der Waals surface area contributed by atoms with E-state index < -0.39 is 0 Å². The van der Waals surface area contributed by atoms with Gasteiger partial charge >= 0.3 is 0 Å². The van der Waals surface area contributed by atoms with E-state index >= 15 is 0 Å². The van der Waals surface area contributed by atoms with Gasteiger partial charge in [-0.2, -0.15) is 0 Å². The van der Waals surface area contributed by atoms with Crippen molar-refractivity contribution in [1.82, 2.24) is 20.0 Å². The summed E-state index contributed by atoms with van der Waals surface area (Å²) in [4.78, 5) is 16.7. The topological polar surface area (TPSA) is 62.5 Å². The van der Waals surface area contributed by atoms with Crippen LogP contribution < -0.4 is 0 Å². The van der Waals surface area contributed by atoms with Gasteiger partial charge in [0.2, 0.25) is 11.8 Å². The van der Waals surface area contributed by atoms with Gasteiger partial charge in [-0.25, -0.2) is 0 Å². The minimum absolute atomic E-state index is 0.00282. The van der Waals surface area contributed by atoms with Crippen molar-refractivity contribution in [3.8, 4) is 11.5 Å². The summed E-state index contributed by atoms with van der Waals surface area (Å²) in [7, 11) is 3.97. The van der Waals surface area contributed by atoms with E-state index in [9.17, 15) is 4.79 Å². The number of thioether (sulfide) groups is 1. The lowest BCUT2D eigenvalue weighted by Crippen LogP contribution is -2.37. The Kier molecular flexibility index (Phi) is 8.16. The Bertz CT molecular complexity index is 962. The van der Waals surface area contributed by atoms with Crippen molar-refractivity contribution in [3.63, 3.8) is 0 Å². The molecule has 158 valence electrons. The van der Waals surface area contributed by atoms with Crippen LogP contribution >= 0.6 is 35.0 Å². The lowest BCUT2D eigenvalue weighted by molar-refractivity contribution is -0.129. The van der Waals surface area contributed by atoms with Gasteiger partial charge in [0, 0.05) is 35.2 Å². The summed E-state index contributed by atoms with van der Waals surface area (Å²) < 4.78 is 5.67. The fourth-order valence-corrected chi connectivity index (χ4v) is 3.53. The molecule has 0 spiro atoms. The van der Waals surface area contributed by atoms with Crippen LogP contribution in [-0.4, -0.2) is 58.8 Å². The number of rotatable bonds is 9. The third kappa shape index (κ3) is 6.74. The number of nitrogens with zero attached hydrogens (tertiary/aromatic N) is 4. The fourth-order valence-electron chi connectivity index (χ4n) is 2.61. The van der Waals surface area contributed by atoms with E-state index in [1.165, 1.54) is 11.8 Å². The molecule has 3 rings (SSSR count). The van der Waals surface area contributed by atoms with Gasteiger partial charge in [0.15, 0.2) is 0 Å². The summed E-state index contributed by atoms with van der Waals surface area (Å²) in [5, 5.41) is 9.75. The molecule has 0 bridgehead atoms. The molecule has 0 atom stereocenters. The average Bonchev–Trinajstić information content (AvgIpc) is 3.20. The van der Waals surface area contributed by atoms with E-state index in [1.54, 1.807) is 12.1 Å². The lowest BCUT2D eigenvalue weighted by atomic mass is 10.2. The molecule has 2 aromatic carbocycles. The standard InChI is InChI=1S/C21H22Cl2N4O2S/c1-26(2)11-12-27(13-15-3-7-17(22)8-4-15)19(28)14-30-21-25-24-20(29-21)16-5-9-18(23)10-6-16/h3-10H,11-14H2,1-2H3. The van der Waals surface area contributed by atoms with Crippen LogP contribution in [0.25, 0.3) is 11.5 Å². The van der Waals surface area contributed by atoms with E-state index in [0.29, 0.717) is 34.2 Å². The largest absolute Gasteiger partial charge is 0.411 e. The Labute approximate surface area is 190 Å². The summed E-state index contributed by atoms with van der Waals surface area (Å²) in [5.74, 6) is 0.610. The van der Waals surface area contributed by atoms with Crippen LogP contribution in [0.1, 0.15) is 5.56 Å². The van der Waals surface area contributed by atoms with Crippen LogP contribution in [0, 0.1) is 0 Å². The number of carbonyl (C=O) groups is 1. The molecule has 1 amide bonds. The number of amides is 1. The van der Waals surface area contributed by atoms with Crippen molar-refractivity contribution in [1.29, 1.82) is 0 Å². The third-order valence-corrected chi connectivity index (χ3v) is 5.58.